The van der Waals surface area contributed by atoms with Crippen LogP contribution in [0.2, 0.25) is 0 Å². The molecule has 0 saturated heterocycles. The van der Waals surface area contributed by atoms with Crippen molar-refractivity contribution in [2.24, 2.45) is 22.7 Å². The first-order valence-electron chi connectivity index (χ1n) is 11.1. The minimum atomic E-state index is -0.760. The number of carbonyl (C=O) groups is 2. The Labute approximate surface area is 186 Å². The average molecular weight is 451 g/mol. The average Bonchev–Trinajstić information content (AvgIpc) is 2.70. The second kappa shape index (κ2) is 11.6. The van der Waals surface area contributed by atoms with E-state index in [1.165, 1.54) is 32.1 Å². The van der Waals surface area contributed by atoms with Crippen LogP contribution in [0.4, 0.5) is 0 Å². The number of nitrogens with zero attached hydrogens (tertiary/aromatic N) is 1. The summed E-state index contributed by atoms with van der Waals surface area (Å²) in [7, 11) is 0. The number of esters is 1. The highest BCUT2D eigenvalue weighted by Crippen LogP contribution is 2.29. The molecule has 10 nitrogen and oxygen atoms in total. The molecule has 1 heterocycles. The Hall–Kier alpha value is -2.91. The lowest BCUT2D eigenvalue weighted by molar-refractivity contribution is -0.161. The van der Waals surface area contributed by atoms with E-state index < -0.39 is 34.7 Å². The van der Waals surface area contributed by atoms with Crippen LogP contribution in [0.1, 0.15) is 84.1 Å². The molecule has 0 radical (unpaired) electrons. The zero-order valence-electron chi connectivity index (χ0n) is 19.1. The van der Waals surface area contributed by atoms with Gasteiger partial charge in [-0.3, -0.25) is 14.6 Å². The van der Waals surface area contributed by atoms with Gasteiger partial charge in [-0.2, -0.15) is 0 Å². The van der Waals surface area contributed by atoms with Crippen molar-refractivity contribution in [2.45, 2.75) is 84.2 Å². The quantitative estimate of drug-likeness (QED) is 0.171. The summed E-state index contributed by atoms with van der Waals surface area (Å²) in [5.74, 6) is -1.66. The molecule has 0 unspecified atom stereocenters. The fourth-order valence-electron chi connectivity index (χ4n) is 3.83. The molecule has 1 fully saturated rings. The molecule has 0 aliphatic heterocycles. The first-order chi connectivity index (χ1) is 15.0. The molecular formula is C22H34N4O6. The predicted molar refractivity (Wildman–Crippen MR) is 119 cm³/mol. The molecule has 1 saturated carbocycles. The van der Waals surface area contributed by atoms with Crippen molar-refractivity contribution in [2.75, 3.05) is 0 Å². The Morgan fingerprint density at radius 2 is 1.91 bits per heavy atom. The van der Waals surface area contributed by atoms with Gasteiger partial charge in [0.05, 0.1) is 12.3 Å². The van der Waals surface area contributed by atoms with Crippen LogP contribution in [0, 0.1) is 11.8 Å². The molecule has 0 bridgehead atoms. The van der Waals surface area contributed by atoms with Crippen molar-refractivity contribution in [3.63, 3.8) is 0 Å². The van der Waals surface area contributed by atoms with Gasteiger partial charge in [-0.05, 0) is 33.1 Å². The summed E-state index contributed by atoms with van der Waals surface area (Å²) in [5.41, 5.74) is 3.45. The minimum absolute atomic E-state index is 0.130. The van der Waals surface area contributed by atoms with Gasteiger partial charge >= 0.3 is 17.6 Å². The highest BCUT2D eigenvalue weighted by atomic mass is 16.7. The van der Waals surface area contributed by atoms with Gasteiger partial charge in [0, 0.05) is 6.20 Å². The highest BCUT2D eigenvalue weighted by molar-refractivity contribution is 5.96. The van der Waals surface area contributed by atoms with E-state index in [-0.39, 0.29) is 17.8 Å². The number of rotatable bonds is 9. The zero-order valence-corrected chi connectivity index (χ0v) is 19.1. The van der Waals surface area contributed by atoms with E-state index >= 15 is 0 Å². The number of nitrogens with two attached hydrogens (primary N) is 1. The van der Waals surface area contributed by atoms with Gasteiger partial charge in [0.1, 0.15) is 11.2 Å². The van der Waals surface area contributed by atoms with Crippen molar-refractivity contribution < 1.29 is 19.2 Å². The predicted octanol–water partition coefficient (Wildman–Crippen LogP) is 2.33. The lowest BCUT2D eigenvalue weighted by Crippen LogP contribution is -2.31. The molecule has 1 aliphatic rings. The smallest absolute Gasteiger partial charge is 0.338 e. The molecule has 10 heteroatoms. The second-order valence-electron chi connectivity index (χ2n) is 9.29. The molecular weight excluding hydrogens is 416 g/mol. The Balaban J connectivity index is 2.02. The second-order valence-corrected chi connectivity index (χ2v) is 9.29. The van der Waals surface area contributed by atoms with Gasteiger partial charge < -0.3 is 20.3 Å². The van der Waals surface area contributed by atoms with Crippen LogP contribution in [0.3, 0.4) is 0 Å². The van der Waals surface area contributed by atoms with E-state index in [2.05, 4.69) is 10.1 Å². The molecule has 1 aromatic heterocycles. The van der Waals surface area contributed by atoms with Crippen molar-refractivity contribution in [1.29, 1.82) is 0 Å². The van der Waals surface area contributed by atoms with Crippen LogP contribution in [-0.4, -0.2) is 33.3 Å². The number of oxime groups is 1. The van der Waals surface area contributed by atoms with Crippen LogP contribution in [0.25, 0.3) is 0 Å². The summed E-state index contributed by atoms with van der Waals surface area (Å²) in [5, 5.41) is 3.54. The number of carbonyl (C=O) groups excluding carboxylic acids is 2. The van der Waals surface area contributed by atoms with Crippen molar-refractivity contribution in [3.05, 3.63) is 32.6 Å². The van der Waals surface area contributed by atoms with E-state index in [4.69, 9.17) is 15.3 Å². The van der Waals surface area contributed by atoms with Crippen molar-refractivity contribution in [3.8, 4) is 0 Å². The third kappa shape index (κ3) is 8.68. The number of nitrogens with one attached hydrogen (secondary N) is 2. The maximum atomic E-state index is 12.7. The zero-order chi connectivity index (χ0) is 23.7. The molecule has 1 atom stereocenters. The lowest BCUT2D eigenvalue weighted by Gasteiger charge is -2.23. The van der Waals surface area contributed by atoms with Crippen molar-refractivity contribution in [1.82, 2.24) is 9.97 Å². The normalized spacial score (nSPS) is 16.4. The van der Waals surface area contributed by atoms with Crippen LogP contribution in [0.15, 0.2) is 20.9 Å². The maximum Gasteiger partial charge on any atom is 0.338 e. The van der Waals surface area contributed by atoms with Crippen LogP contribution in [-0.2, 0) is 19.2 Å². The topological polar surface area (TPSA) is 157 Å². The number of hydrogen-bond acceptors (Lipinski definition) is 7. The van der Waals surface area contributed by atoms with Gasteiger partial charge in [-0.1, -0.05) is 50.1 Å². The van der Waals surface area contributed by atoms with Gasteiger partial charge in [-0.15, -0.1) is 0 Å². The van der Waals surface area contributed by atoms with Gasteiger partial charge in [0.15, 0.2) is 5.84 Å². The van der Waals surface area contributed by atoms with E-state index in [9.17, 15) is 19.2 Å². The summed E-state index contributed by atoms with van der Waals surface area (Å²) < 4.78 is 5.35. The van der Waals surface area contributed by atoms with E-state index in [1.807, 2.05) is 4.98 Å². The van der Waals surface area contributed by atoms with Crippen molar-refractivity contribution >= 4 is 17.8 Å². The van der Waals surface area contributed by atoms with E-state index in [0.717, 1.165) is 19.0 Å². The number of ether oxygens (including phenoxy) is 1. The minimum Gasteiger partial charge on any atom is -0.460 e. The highest BCUT2D eigenvalue weighted by Gasteiger charge is 2.27. The monoisotopic (exact) mass is 450 g/mol. The lowest BCUT2D eigenvalue weighted by atomic mass is 9.84. The molecule has 32 heavy (non-hydrogen) atoms. The van der Waals surface area contributed by atoms with Crippen LogP contribution in [0.5, 0.6) is 0 Å². The first kappa shape index (κ1) is 25.4. The van der Waals surface area contributed by atoms with Crippen LogP contribution < -0.4 is 17.0 Å². The molecule has 1 aliphatic carbocycles. The molecule has 0 spiro atoms. The number of aromatic amines is 2. The first-order valence-corrected chi connectivity index (χ1v) is 11.1. The molecule has 1 aromatic rings. The molecule has 0 amide bonds. The van der Waals surface area contributed by atoms with Gasteiger partial charge in [-0.25, -0.2) is 9.59 Å². The molecule has 0 aromatic carbocycles. The maximum absolute atomic E-state index is 12.7. The van der Waals surface area contributed by atoms with Gasteiger partial charge in [0.25, 0.3) is 5.56 Å². The molecule has 4 N–H and O–H groups in total. The SMILES string of the molecule is CC(C)(C)OC(=O)C[C@H](CCCC1CCCCC1)C(=O)O/N=C(\N)c1c[nH]c(=O)[nH]c1=O. The third-order valence-corrected chi connectivity index (χ3v) is 5.39. The van der Waals surface area contributed by atoms with E-state index in [0.29, 0.717) is 12.3 Å². The third-order valence-electron chi connectivity index (χ3n) is 5.39. The summed E-state index contributed by atoms with van der Waals surface area (Å²) >= 11 is 0. The Morgan fingerprint density at radius 1 is 1.22 bits per heavy atom. The van der Waals surface area contributed by atoms with E-state index in [1.54, 1.807) is 20.8 Å². The Bertz CT molecular complexity index is 921. The fourth-order valence-corrected chi connectivity index (χ4v) is 3.83. The summed E-state index contributed by atoms with van der Waals surface area (Å²) in [6.45, 7) is 5.27. The number of aromatic nitrogens is 2. The van der Waals surface area contributed by atoms with Crippen LogP contribution >= 0.6 is 0 Å². The Morgan fingerprint density at radius 3 is 2.53 bits per heavy atom. The molecule has 2 rings (SSSR count). The number of H-pyrrole nitrogens is 2. The fraction of sp³-hybridized carbons (Fsp3) is 0.682. The summed E-state index contributed by atoms with van der Waals surface area (Å²) in [4.78, 5) is 57.1. The molecule has 178 valence electrons. The summed E-state index contributed by atoms with van der Waals surface area (Å²) in [6, 6.07) is 0. The number of amidine groups is 1. The standard InChI is InChI=1S/C22H34N4O6/c1-22(2,3)31-17(27)12-15(11-7-10-14-8-5-4-6-9-14)20(29)32-26-18(23)16-13-24-21(30)25-19(16)28/h13-15H,4-12H2,1-3H3,(H2,23,26)(H2,24,25,28,30)/t15-/m0/s1. The number of hydrogen-bond donors (Lipinski definition) is 3. The summed E-state index contributed by atoms with van der Waals surface area (Å²) in [6.07, 6.45) is 9.36. The largest absolute Gasteiger partial charge is 0.460 e. The van der Waals surface area contributed by atoms with Gasteiger partial charge in [0.2, 0.25) is 0 Å². The Kier molecular flexibility index (Phi) is 9.22.